The highest BCUT2D eigenvalue weighted by molar-refractivity contribution is 5.91. The largest absolute Gasteiger partial charge is 0.426 e. The van der Waals surface area contributed by atoms with Crippen LogP contribution in [0.3, 0.4) is 0 Å². The first kappa shape index (κ1) is 28.3. The number of halogens is 2. The highest BCUT2D eigenvalue weighted by Gasteiger charge is 2.28. The maximum atomic E-state index is 14.0. The van der Waals surface area contributed by atoms with E-state index in [1.54, 1.807) is 0 Å². The van der Waals surface area contributed by atoms with E-state index >= 15 is 0 Å². The number of hydrogen-bond donors (Lipinski definition) is 0. The van der Waals surface area contributed by atoms with E-state index in [1.165, 1.54) is 62.4 Å². The Labute approximate surface area is 216 Å². The van der Waals surface area contributed by atoms with E-state index in [9.17, 15) is 18.4 Å². The molecule has 0 spiro atoms. The summed E-state index contributed by atoms with van der Waals surface area (Å²) in [4.78, 5) is 24.9. The SMILES string of the molecule is CCCCCCCCOC1CCC(C(=O)Oc2ccc(C(=O)Oc3ccc(C#N)c(F)c3F)cc2)CC1. The Hall–Kier alpha value is -3.31. The highest BCUT2D eigenvalue weighted by atomic mass is 19.2. The standard InChI is InChI=1S/C29H33F2NO5/c1-2-3-4-5-6-7-18-35-23-13-8-20(9-14-23)28(33)36-24-15-10-21(11-16-24)29(34)37-25-17-12-22(19-32)26(30)27(25)31/h10-12,15-17,20,23H,2-9,13-14,18H2,1H3. The summed E-state index contributed by atoms with van der Waals surface area (Å²) in [5, 5.41) is 8.74. The molecule has 0 N–H and O–H groups in total. The van der Waals surface area contributed by atoms with Crippen molar-refractivity contribution in [1.82, 2.24) is 0 Å². The van der Waals surface area contributed by atoms with Crippen LogP contribution < -0.4 is 9.47 Å². The van der Waals surface area contributed by atoms with Gasteiger partial charge in [0.25, 0.3) is 0 Å². The first-order chi connectivity index (χ1) is 17.9. The summed E-state index contributed by atoms with van der Waals surface area (Å²) in [6.45, 7) is 2.98. The minimum atomic E-state index is -1.42. The lowest BCUT2D eigenvalue weighted by Crippen LogP contribution is -2.29. The molecular weight excluding hydrogens is 480 g/mol. The van der Waals surface area contributed by atoms with E-state index in [-0.39, 0.29) is 29.3 Å². The Balaban J connectivity index is 1.41. The van der Waals surface area contributed by atoms with Crippen LogP contribution in [0.25, 0.3) is 0 Å². The number of carbonyl (C=O) groups is 2. The van der Waals surface area contributed by atoms with E-state index in [0.29, 0.717) is 12.8 Å². The lowest BCUT2D eigenvalue weighted by molar-refractivity contribution is -0.141. The lowest BCUT2D eigenvalue weighted by Gasteiger charge is -2.27. The molecule has 3 rings (SSSR count). The summed E-state index contributed by atoms with van der Waals surface area (Å²) in [6.07, 6.45) is 10.6. The quantitative estimate of drug-likeness (QED) is 0.174. The van der Waals surface area contributed by atoms with Gasteiger partial charge in [0.1, 0.15) is 11.8 Å². The predicted molar refractivity (Wildman–Crippen MR) is 133 cm³/mol. The van der Waals surface area contributed by atoms with Crippen molar-refractivity contribution in [3.63, 3.8) is 0 Å². The Morgan fingerprint density at radius 3 is 2.24 bits per heavy atom. The zero-order valence-corrected chi connectivity index (χ0v) is 21.1. The first-order valence-electron chi connectivity index (χ1n) is 13.0. The zero-order valence-electron chi connectivity index (χ0n) is 21.1. The number of nitriles is 1. The molecule has 2 aromatic carbocycles. The number of rotatable bonds is 12. The van der Waals surface area contributed by atoms with Crippen molar-refractivity contribution in [2.24, 2.45) is 5.92 Å². The molecule has 8 heteroatoms. The van der Waals surface area contributed by atoms with Gasteiger partial charge in [-0.25, -0.2) is 9.18 Å². The van der Waals surface area contributed by atoms with E-state index in [2.05, 4.69) is 6.92 Å². The monoisotopic (exact) mass is 513 g/mol. The number of unbranched alkanes of at least 4 members (excludes halogenated alkanes) is 5. The molecule has 0 aromatic heterocycles. The van der Waals surface area contributed by atoms with Crippen molar-refractivity contribution in [3.05, 3.63) is 59.2 Å². The molecule has 0 amide bonds. The maximum absolute atomic E-state index is 14.0. The van der Waals surface area contributed by atoms with Gasteiger partial charge < -0.3 is 14.2 Å². The molecule has 198 valence electrons. The summed E-state index contributed by atoms with van der Waals surface area (Å²) in [7, 11) is 0. The van der Waals surface area contributed by atoms with Crippen molar-refractivity contribution in [2.45, 2.75) is 77.2 Å². The van der Waals surface area contributed by atoms with Gasteiger partial charge in [-0.1, -0.05) is 39.0 Å². The highest BCUT2D eigenvalue weighted by Crippen LogP contribution is 2.29. The number of hydrogen-bond acceptors (Lipinski definition) is 6. The molecule has 0 saturated heterocycles. The van der Waals surface area contributed by atoms with E-state index in [0.717, 1.165) is 38.0 Å². The van der Waals surface area contributed by atoms with Gasteiger partial charge in [-0.3, -0.25) is 4.79 Å². The van der Waals surface area contributed by atoms with E-state index in [1.807, 2.05) is 0 Å². The number of benzene rings is 2. The van der Waals surface area contributed by atoms with Crippen LogP contribution in [0.5, 0.6) is 11.5 Å². The van der Waals surface area contributed by atoms with Gasteiger partial charge in [0, 0.05) is 6.61 Å². The molecule has 1 saturated carbocycles. The molecular formula is C29H33F2NO5. The fourth-order valence-electron chi connectivity index (χ4n) is 4.31. The van der Waals surface area contributed by atoms with Crippen LogP contribution in [-0.2, 0) is 9.53 Å². The van der Waals surface area contributed by atoms with Crippen LogP contribution in [0.4, 0.5) is 8.78 Å². The third kappa shape index (κ3) is 8.36. The second-order valence-corrected chi connectivity index (χ2v) is 9.30. The summed E-state index contributed by atoms with van der Waals surface area (Å²) >= 11 is 0. The molecule has 0 heterocycles. The minimum Gasteiger partial charge on any atom is -0.426 e. The molecule has 1 aliphatic carbocycles. The Kier molecular flexibility index (Phi) is 11.0. The van der Waals surface area contributed by atoms with Crippen molar-refractivity contribution in [1.29, 1.82) is 5.26 Å². The van der Waals surface area contributed by atoms with E-state index in [4.69, 9.17) is 19.5 Å². The molecule has 6 nitrogen and oxygen atoms in total. The van der Waals surface area contributed by atoms with Crippen LogP contribution in [0.1, 0.15) is 87.1 Å². The number of carbonyl (C=O) groups excluding carboxylic acids is 2. The van der Waals surface area contributed by atoms with Gasteiger partial charge in [0.2, 0.25) is 5.82 Å². The van der Waals surface area contributed by atoms with Gasteiger partial charge >= 0.3 is 11.9 Å². The Morgan fingerprint density at radius 1 is 0.892 bits per heavy atom. The number of ether oxygens (including phenoxy) is 3. The fourth-order valence-corrected chi connectivity index (χ4v) is 4.31. The summed E-state index contributed by atoms with van der Waals surface area (Å²) in [6, 6.07) is 9.18. The molecule has 0 unspecified atom stereocenters. The number of nitrogens with zero attached hydrogens (tertiary/aromatic N) is 1. The van der Waals surface area contributed by atoms with E-state index < -0.39 is 28.9 Å². The third-order valence-electron chi connectivity index (χ3n) is 6.54. The van der Waals surface area contributed by atoms with Crippen molar-refractivity contribution in [2.75, 3.05) is 6.61 Å². The molecule has 1 fully saturated rings. The van der Waals surface area contributed by atoms with Crippen LogP contribution >= 0.6 is 0 Å². The average molecular weight is 514 g/mol. The van der Waals surface area contributed by atoms with Crippen molar-refractivity contribution >= 4 is 11.9 Å². The Bertz CT molecular complexity index is 1090. The summed E-state index contributed by atoms with van der Waals surface area (Å²) in [5.41, 5.74) is -0.426. The van der Waals surface area contributed by atoms with Crippen LogP contribution in [0.15, 0.2) is 36.4 Å². The minimum absolute atomic E-state index is 0.0620. The van der Waals surface area contributed by atoms with Crippen LogP contribution in [-0.4, -0.2) is 24.6 Å². The molecule has 37 heavy (non-hydrogen) atoms. The molecule has 0 bridgehead atoms. The third-order valence-corrected chi connectivity index (χ3v) is 6.54. The predicted octanol–water partition coefficient (Wildman–Crippen LogP) is 6.90. The van der Waals surface area contributed by atoms with Crippen LogP contribution in [0.2, 0.25) is 0 Å². The summed E-state index contributed by atoms with van der Waals surface area (Å²) < 4.78 is 44.1. The molecule has 1 aliphatic rings. The Morgan fingerprint density at radius 2 is 1.57 bits per heavy atom. The topological polar surface area (TPSA) is 85.6 Å². The van der Waals surface area contributed by atoms with Gasteiger partial charge in [0.05, 0.1) is 23.1 Å². The second-order valence-electron chi connectivity index (χ2n) is 9.30. The van der Waals surface area contributed by atoms with Gasteiger partial charge in [0.15, 0.2) is 11.6 Å². The van der Waals surface area contributed by atoms with Gasteiger partial charge in [-0.05, 0) is 68.5 Å². The molecule has 2 aromatic rings. The fraction of sp³-hybridized carbons (Fsp3) is 0.483. The van der Waals surface area contributed by atoms with Gasteiger partial charge in [-0.15, -0.1) is 0 Å². The molecule has 0 atom stereocenters. The second kappa shape index (κ2) is 14.4. The first-order valence-corrected chi connectivity index (χ1v) is 13.0. The molecule has 0 radical (unpaired) electrons. The van der Waals surface area contributed by atoms with Gasteiger partial charge in [-0.2, -0.15) is 9.65 Å². The summed E-state index contributed by atoms with van der Waals surface area (Å²) in [5.74, 6) is -4.58. The number of esters is 2. The molecule has 0 aliphatic heterocycles. The van der Waals surface area contributed by atoms with Crippen molar-refractivity contribution < 1.29 is 32.6 Å². The average Bonchev–Trinajstić information content (AvgIpc) is 2.91. The normalized spacial score (nSPS) is 17.1. The van der Waals surface area contributed by atoms with Crippen LogP contribution in [0, 0.1) is 28.9 Å². The maximum Gasteiger partial charge on any atom is 0.343 e. The smallest absolute Gasteiger partial charge is 0.343 e. The van der Waals surface area contributed by atoms with Crippen molar-refractivity contribution in [3.8, 4) is 17.6 Å². The zero-order chi connectivity index (χ0) is 26.6. The lowest BCUT2D eigenvalue weighted by atomic mass is 9.87.